The molecule has 212 valence electrons. The normalized spacial score (nSPS) is 11.8. The van der Waals surface area contributed by atoms with E-state index in [1.807, 2.05) is 34.6 Å². The lowest BCUT2D eigenvalue weighted by Gasteiger charge is -2.20. The van der Waals surface area contributed by atoms with Gasteiger partial charge in [0.25, 0.3) is 11.1 Å². The highest BCUT2D eigenvalue weighted by molar-refractivity contribution is 5.83. The van der Waals surface area contributed by atoms with Crippen LogP contribution in [0.25, 0.3) is 27.7 Å². The Labute approximate surface area is 235 Å². The van der Waals surface area contributed by atoms with Crippen molar-refractivity contribution in [1.82, 2.24) is 29.5 Å². The van der Waals surface area contributed by atoms with Gasteiger partial charge in [0.05, 0.1) is 18.2 Å². The van der Waals surface area contributed by atoms with Crippen LogP contribution < -0.4 is 16.4 Å². The average Bonchev–Trinajstić information content (AvgIpc) is 3.28. The zero-order valence-corrected chi connectivity index (χ0v) is 23.8. The van der Waals surface area contributed by atoms with Gasteiger partial charge in [-0.1, -0.05) is 27.7 Å². The van der Waals surface area contributed by atoms with Crippen LogP contribution in [-0.2, 0) is 25.5 Å². The van der Waals surface area contributed by atoms with Gasteiger partial charge in [-0.15, -0.1) is 0 Å². The number of nitrogens with one attached hydrogen (secondary N) is 2. The fourth-order valence-corrected chi connectivity index (χ4v) is 4.97. The molecule has 0 saturated carbocycles. The van der Waals surface area contributed by atoms with Crippen molar-refractivity contribution in [2.75, 3.05) is 5.32 Å². The summed E-state index contributed by atoms with van der Waals surface area (Å²) in [5, 5.41) is 25.4. The van der Waals surface area contributed by atoms with E-state index < -0.39 is 18.0 Å². The van der Waals surface area contributed by atoms with Gasteiger partial charge in [-0.25, -0.2) is 9.37 Å². The van der Waals surface area contributed by atoms with Gasteiger partial charge in [-0.05, 0) is 54.2 Å². The minimum Gasteiger partial charge on any atom is -0.392 e. The Balaban J connectivity index is 1.66. The Morgan fingerprint density at radius 2 is 1.88 bits per heavy atom. The number of aryl methyl sites for hydroxylation is 2. The van der Waals surface area contributed by atoms with Crippen molar-refractivity contribution in [2.24, 2.45) is 7.05 Å². The van der Waals surface area contributed by atoms with E-state index in [0.29, 0.717) is 27.9 Å². The third-order valence-electron chi connectivity index (χ3n) is 7.27. The largest absolute Gasteiger partial charge is 0.392 e. The van der Waals surface area contributed by atoms with Crippen molar-refractivity contribution in [3.63, 3.8) is 0 Å². The predicted octanol–water partition coefficient (Wildman–Crippen LogP) is 4.41. The van der Waals surface area contributed by atoms with Gasteiger partial charge in [0.1, 0.15) is 11.5 Å². The smallest absolute Gasteiger partial charge is 0.283 e. The number of rotatable bonds is 6. The predicted molar refractivity (Wildman–Crippen MR) is 156 cm³/mol. The second-order valence-electron chi connectivity index (χ2n) is 11.1. The van der Waals surface area contributed by atoms with Gasteiger partial charge in [0.15, 0.2) is 11.6 Å². The molecule has 0 aliphatic rings. The molecule has 11 heteroatoms. The zero-order valence-electron chi connectivity index (χ0n) is 23.8. The minimum atomic E-state index is -0.691. The number of anilines is 2. The van der Waals surface area contributed by atoms with E-state index in [2.05, 4.69) is 25.6 Å². The number of benzene rings is 1. The quantitative estimate of drug-likeness (QED) is 0.282. The monoisotopic (exact) mass is 557 g/mol. The molecule has 0 fully saturated rings. The summed E-state index contributed by atoms with van der Waals surface area (Å²) in [6.07, 6.45) is 5.26. The molecule has 1 aromatic carbocycles. The third kappa shape index (κ3) is 4.93. The maximum absolute atomic E-state index is 15.3. The zero-order chi connectivity index (χ0) is 29.6. The van der Waals surface area contributed by atoms with Crippen LogP contribution in [-0.4, -0.2) is 34.6 Å². The van der Waals surface area contributed by atoms with E-state index >= 15 is 4.39 Å². The molecule has 0 amide bonds. The summed E-state index contributed by atoms with van der Waals surface area (Å²) in [7, 11) is 1.62. The van der Waals surface area contributed by atoms with Crippen LogP contribution in [0, 0.1) is 12.7 Å². The Morgan fingerprint density at radius 1 is 1.12 bits per heavy atom. The molecule has 3 N–H and O–H groups in total. The molecule has 0 aliphatic carbocycles. The number of aromatic amines is 1. The Hall–Kier alpha value is -4.64. The first-order chi connectivity index (χ1) is 19.4. The van der Waals surface area contributed by atoms with E-state index in [1.54, 1.807) is 31.4 Å². The van der Waals surface area contributed by atoms with Crippen LogP contribution in [0.4, 0.5) is 15.9 Å². The van der Waals surface area contributed by atoms with Crippen molar-refractivity contribution in [3.8, 4) is 16.9 Å². The number of halogens is 1. The van der Waals surface area contributed by atoms with Gasteiger partial charge < -0.3 is 15.0 Å². The molecule has 5 rings (SSSR count). The first kappa shape index (κ1) is 27.9. The summed E-state index contributed by atoms with van der Waals surface area (Å²) in [4.78, 5) is 30.9. The molecule has 0 unspecified atom stereocenters. The number of aromatic nitrogens is 6. The van der Waals surface area contributed by atoms with Crippen LogP contribution in [0.5, 0.6) is 0 Å². The molecule has 41 heavy (non-hydrogen) atoms. The molecule has 5 aromatic rings. The standard InChI is InChI=1S/C30H32FN7O3/c1-7-20-16(2)35-36-26(20)34-24-11-18(14-37(6)28(24)40)21-8-9-32-27(22(21)15-39)38-29(41)25-17(13-33-38)10-19(12-23(25)31)30(3,4)5/h8-14,39H,7,15H2,1-6H3,(H2,34,35,36). The lowest BCUT2D eigenvalue weighted by Crippen LogP contribution is -2.25. The van der Waals surface area contributed by atoms with Crippen molar-refractivity contribution < 1.29 is 9.50 Å². The number of fused-ring (bicyclic) bond motifs is 1. The van der Waals surface area contributed by atoms with E-state index in [1.165, 1.54) is 23.0 Å². The SMILES string of the molecule is CCc1c(Nc2cc(-c3ccnc(-n4ncc5cc(C(C)(C)C)cc(F)c5c4=O)c3CO)cn(C)c2=O)n[nH]c1C. The van der Waals surface area contributed by atoms with Crippen LogP contribution in [0.15, 0.2) is 52.4 Å². The fraction of sp³-hybridized carbons (Fsp3) is 0.300. The summed E-state index contributed by atoms with van der Waals surface area (Å²) in [6, 6.07) is 6.47. The Bertz CT molecular complexity index is 1920. The first-order valence-corrected chi connectivity index (χ1v) is 13.3. The summed E-state index contributed by atoms with van der Waals surface area (Å²) in [5.74, 6) is -0.0273. The molecular weight excluding hydrogens is 525 g/mol. The highest BCUT2D eigenvalue weighted by Gasteiger charge is 2.21. The molecule has 0 saturated heterocycles. The fourth-order valence-electron chi connectivity index (χ4n) is 4.97. The first-order valence-electron chi connectivity index (χ1n) is 13.3. The maximum atomic E-state index is 15.3. The molecule has 0 atom stereocenters. The van der Waals surface area contributed by atoms with E-state index in [4.69, 9.17) is 0 Å². The van der Waals surface area contributed by atoms with E-state index in [9.17, 15) is 14.7 Å². The van der Waals surface area contributed by atoms with Crippen molar-refractivity contribution in [1.29, 1.82) is 0 Å². The molecular formula is C30H32FN7O3. The molecule has 0 radical (unpaired) electrons. The topological polar surface area (TPSA) is 131 Å². The maximum Gasteiger partial charge on any atom is 0.283 e. The third-order valence-corrected chi connectivity index (χ3v) is 7.27. The van der Waals surface area contributed by atoms with Crippen molar-refractivity contribution >= 4 is 22.3 Å². The molecule has 4 aromatic heterocycles. The number of hydrogen-bond donors (Lipinski definition) is 3. The van der Waals surface area contributed by atoms with Crippen LogP contribution in [0.3, 0.4) is 0 Å². The van der Waals surface area contributed by atoms with E-state index in [-0.39, 0.29) is 27.9 Å². The number of hydrogen-bond acceptors (Lipinski definition) is 7. The van der Waals surface area contributed by atoms with Gasteiger partial charge in [0, 0.05) is 47.2 Å². The summed E-state index contributed by atoms with van der Waals surface area (Å²) in [5.41, 5.74) is 3.03. The number of aliphatic hydroxyl groups is 1. The second kappa shape index (κ2) is 10.4. The average molecular weight is 558 g/mol. The second-order valence-corrected chi connectivity index (χ2v) is 11.1. The number of H-pyrrole nitrogens is 1. The summed E-state index contributed by atoms with van der Waals surface area (Å²) in [6.45, 7) is 9.32. The number of aliphatic hydroxyl groups excluding tert-OH is 1. The van der Waals surface area contributed by atoms with Crippen LogP contribution >= 0.6 is 0 Å². The van der Waals surface area contributed by atoms with Gasteiger partial charge in [-0.3, -0.25) is 14.7 Å². The van der Waals surface area contributed by atoms with E-state index in [0.717, 1.165) is 27.9 Å². The molecule has 4 heterocycles. The highest BCUT2D eigenvalue weighted by atomic mass is 19.1. The van der Waals surface area contributed by atoms with Gasteiger partial charge in [-0.2, -0.15) is 14.9 Å². The molecule has 0 spiro atoms. The Kier molecular flexibility index (Phi) is 7.08. The van der Waals surface area contributed by atoms with Gasteiger partial charge in [0.2, 0.25) is 0 Å². The minimum absolute atomic E-state index is 0.0655. The Morgan fingerprint density at radius 3 is 2.56 bits per heavy atom. The summed E-state index contributed by atoms with van der Waals surface area (Å²) >= 11 is 0. The molecule has 0 bridgehead atoms. The summed E-state index contributed by atoms with van der Waals surface area (Å²) < 4.78 is 17.7. The van der Waals surface area contributed by atoms with Gasteiger partial charge >= 0.3 is 0 Å². The van der Waals surface area contributed by atoms with Crippen LogP contribution in [0.2, 0.25) is 0 Å². The highest BCUT2D eigenvalue weighted by Crippen LogP contribution is 2.30. The van der Waals surface area contributed by atoms with Crippen molar-refractivity contribution in [2.45, 2.75) is 53.1 Å². The van der Waals surface area contributed by atoms with Crippen LogP contribution in [0.1, 0.15) is 50.1 Å². The number of pyridine rings is 2. The lowest BCUT2D eigenvalue weighted by atomic mass is 9.86. The lowest BCUT2D eigenvalue weighted by molar-refractivity contribution is 0.281. The molecule has 10 nitrogen and oxygen atoms in total. The molecule has 0 aliphatic heterocycles. The van der Waals surface area contributed by atoms with Crippen molar-refractivity contribution in [3.05, 3.63) is 91.8 Å². The number of nitrogens with zero attached hydrogens (tertiary/aromatic N) is 5.